The Morgan fingerprint density at radius 1 is 1.47 bits per heavy atom. The van der Waals surface area contributed by atoms with Crippen LogP contribution in [0.15, 0.2) is 0 Å². The molecule has 0 heterocycles. The third-order valence-electron chi connectivity index (χ3n) is 1.53. The van der Waals surface area contributed by atoms with Crippen molar-refractivity contribution in [2.75, 3.05) is 18.1 Å². The fraction of sp³-hybridized carbons (Fsp3) is 0.800. The van der Waals surface area contributed by atoms with Crippen LogP contribution in [0.5, 0.6) is 0 Å². The molecule has 0 aliphatic heterocycles. The summed E-state index contributed by atoms with van der Waals surface area (Å²) in [7, 11) is 0. The molecule has 4 N–H and O–H groups in total. The Balaban J connectivity index is 3.52. The Kier molecular flexibility index (Phi) is 6.98. The van der Waals surface area contributed by atoms with Gasteiger partial charge < -0.3 is 20.9 Å². The number of carboxylic acid groups (broad SMARTS) is 1. The molecule has 0 saturated heterocycles. The summed E-state index contributed by atoms with van der Waals surface area (Å²) in [5.74, 6) is -0.0939. The molecule has 0 rings (SSSR count). The average Bonchev–Trinajstić information content (AvgIpc) is 2.13. The van der Waals surface area contributed by atoms with E-state index in [0.717, 1.165) is 0 Å². The van der Waals surface area contributed by atoms with Crippen molar-refractivity contribution >= 4 is 23.8 Å². The molecule has 0 spiro atoms. The molecule has 0 radical (unpaired) electrons. The average molecular weight is 264 g/mol. The van der Waals surface area contributed by atoms with E-state index >= 15 is 0 Å². The number of carbonyl (C=O) groups is 2. The molecular formula is C10H20N2O4S. The van der Waals surface area contributed by atoms with Crippen LogP contribution < -0.4 is 11.1 Å². The van der Waals surface area contributed by atoms with E-state index in [9.17, 15) is 9.59 Å². The maximum absolute atomic E-state index is 11.2. The molecule has 6 nitrogen and oxygen atoms in total. The molecule has 1 atom stereocenters. The van der Waals surface area contributed by atoms with Gasteiger partial charge in [-0.3, -0.25) is 4.79 Å². The van der Waals surface area contributed by atoms with Gasteiger partial charge >= 0.3 is 12.1 Å². The predicted molar refractivity (Wildman–Crippen MR) is 67.2 cm³/mol. The first-order valence-corrected chi connectivity index (χ1v) is 6.41. The van der Waals surface area contributed by atoms with Crippen LogP contribution in [-0.2, 0) is 9.53 Å². The highest BCUT2D eigenvalue weighted by molar-refractivity contribution is 7.99. The normalized spacial score (nSPS) is 12.9. The zero-order valence-electron chi connectivity index (χ0n) is 10.4. The molecule has 0 aliphatic carbocycles. The molecule has 0 saturated carbocycles. The van der Waals surface area contributed by atoms with Crippen molar-refractivity contribution in [3.8, 4) is 0 Å². The first kappa shape index (κ1) is 16.1. The number of alkyl carbamates (subject to hydrolysis) is 1. The summed E-state index contributed by atoms with van der Waals surface area (Å²) in [5, 5.41) is 11.1. The summed E-state index contributed by atoms with van der Waals surface area (Å²) in [6.07, 6.45) is -0.472. The maximum Gasteiger partial charge on any atom is 0.407 e. The molecule has 0 fully saturated rings. The Labute approximate surface area is 105 Å². The third-order valence-corrected chi connectivity index (χ3v) is 2.62. The SMILES string of the molecule is CC(C)(C)OC(=O)NCCSCC(N)C(=O)O. The maximum atomic E-state index is 11.2. The van der Waals surface area contributed by atoms with Gasteiger partial charge in [0.05, 0.1) is 0 Å². The first-order chi connectivity index (χ1) is 7.72. The zero-order valence-corrected chi connectivity index (χ0v) is 11.2. The number of nitrogens with two attached hydrogens (primary N) is 1. The number of hydrogen-bond donors (Lipinski definition) is 3. The van der Waals surface area contributed by atoms with Crippen molar-refractivity contribution in [3.05, 3.63) is 0 Å². The number of carboxylic acids is 1. The summed E-state index contributed by atoms with van der Waals surface area (Å²) in [6, 6.07) is -0.860. The van der Waals surface area contributed by atoms with Crippen LogP contribution >= 0.6 is 11.8 Å². The van der Waals surface area contributed by atoms with Crippen molar-refractivity contribution in [2.24, 2.45) is 5.73 Å². The lowest BCUT2D eigenvalue weighted by Gasteiger charge is -2.19. The van der Waals surface area contributed by atoms with Crippen LogP contribution in [0, 0.1) is 0 Å². The van der Waals surface area contributed by atoms with Crippen LogP contribution in [-0.4, -0.2) is 46.9 Å². The number of aliphatic carboxylic acids is 1. The van der Waals surface area contributed by atoms with Crippen LogP contribution in [0.1, 0.15) is 20.8 Å². The fourth-order valence-electron chi connectivity index (χ4n) is 0.821. The van der Waals surface area contributed by atoms with Crippen molar-refractivity contribution in [1.82, 2.24) is 5.32 Å². The Bertz CT molecular complexity index is 266. The number of nitrogens with one attached hydrogen (secondary N) is 1. The standard InChI is InChI=1S/C10H20N2O4S/c1-10(2,3)16-9(15)12-4-5-17-6-7(11)8(13)14/h7H,4-6,11H2,1-3H3,(H,12,15)(H,13,14). The van der Waals surface area contributed by atoms with Gasteiger partial charge in [-0.2, -0.15) is 11.8 Å². The van der Waals surface area contributed by atoms with E-state index < -0.39 is 23.7 Å². The van der Waals surface area contributed by atoms with Gasteiger partial charge in [0, 0.05) is 18.1 Å². The molecule has 0 aromatic carbocycles. The van der Waals surface area contributed by atoms with Gasteiger partial charge in [-0.05, 0) is 20.8 Å². The van der Waals surface area contributed by atoms with E-state index in [1.54, 1.807) is 20.8 Å². The lowest BCUT2D eigenvalue weighted by molar-refractivity contribution is -0.137. The number of amides is 1. The van der Waals surface area contributed by atoms with Crippen LogP contribution in [0.4, 0.5) is 4.79 Å². The second kappa shape index (κ2) is 7.39. The van der Waals surface area contributed by atoms with E-state index in [0.29, 0.717) is 18.1 Å². The smallest absolute Gasteiger partial charge is 0.407 e. The molecule has 0 aromatic rings. The Hall–Kier alpha value is -0.950. The largest absolute Gasteiger partial charge is 0.480 e. The molecule has 0 aliphatic rings. The predicted octanol–water partition coefficient (Wildman–Crippen LogP) is 0.656. The van der Waals surface area contributed by atoms with Crippen molar-refractivity contribution in [3.63, 3.8) is 0 Å². The van der Waals surface area contributed by atoms with Crippen LogP contribution in [0.3, 0.4) is 0 Å². The van der Waals surface area contributed by atoms with Gasteiger partial charge in [0.1, 0.15) is 11.6 Å². The first-order valence-electron chi connectivity index (χ1n) is 5.25. The number of rotatable bonds is 6. The van der Waals surface area contributed by atoms with Gasteiger partial charge in [0.25, 0.3) is 0 Å². The lowest BCUT2D eigenvalue weighted by atomic mass is 10.2. The number of hydrogen-bond acceptors (Lipinski definition) is 5. The minimum absolute atomic E-state index is 0.325. The second-order valence-electron chi connectivity index (χ2n) is 4.45. The molecule has 17 heavy (non-hydrogen) atoms. The van der Waals surface area contributed by atoms with Crippen molar-refractivity contribution in [2.45, 2.75) is 32.4 Å². The summed E-state index contributed by atoms with van der Waals surface area (Å²) >= 11 is 1.37. The quantitative estimate of drug-likeness (QED) is 0.609. The Morgan fingerprint density at radius 2 is 2.06 bits per heavy atom. The van der Waals surface area contributed by atoms with Gasteiger partial charge in [0.2, 0.25) is 0 Å². The highest BCUT2D eigenvalue weighted by Crippen LogP contribution is 2.06. The summed E-state index contributed by atoms with van der Waals surface area (Å²) in [4.78, 5) is 21.6. The van der Waals surface area contributed by atoms with E-state index in [-0.39, 0.29) is 0 Å². The molecule has 100 valence electrons. The van der Waals surface area contributed by atoms with Gasteiger partial charge in [-0.15, -0.1) is 0 Å². The van der Waals surface area contributed by atoms with Gasteiger partial charge in [-0.25, -0.2) is 4.79 Å². The summed E-state index contributed by atoms with van der Waals surface area (Å²) < 4.78 is 5.03. The summed E-state index contributed by atoms with van der Waals surface area (Å²) in [5.41, 5.74) is 4.80. The number of thioether (sulfide) groups is 1. The molecule has 0 bridgehead atoms. The van der Waals surface area contributed by atoms with Crippen LogP contribution in [0.25, 0.3) is 0 Å². The lowest BCUT2D eigenvalue weighted by Crippen LogP contribution is -2.35. The molecule has 1 amide bonds. The Morgan fingerprint density at radius 3 is 2.53 bits per heavy atom. The molecule has 0 aromatic heterocycles. The van der Waals surface area contributed by atoms with E-state index in [2.05, 4.69) is 5.32 Å². The zero-order chi connectivity index (χ0) is 13.5. The second-order valence-corrected chi connectivity index (χ2v) is 5.60. The van der Waals surface area contributed by atoms with Gasteiger partial charge in [0.15, 0.2) is 0 Å². The molecule has 7 heteroatoms. The molecular weight excluding hydrogens is 244 g/mol. The fourth-order valence-corrected chi connectivity index (χ4v) is 1.63. The van der Waals surface area contributed by atoms with Crippen LogP contribution in [0.2, 0.25) is 0 Å². The third kappa shape index (κ3) is 9.95. The highest BCUT2D eigenvalue weighted by atomic mass is 32.2. The van der Waals surface area contributed by atoms with Crippen molar-refractivity contribution < 1.29 is 19.4 Å². The minimum Gasteiger partial charge on any atom is -0.480 e. The number of carbonyl (C=O) groups excluding carboxylic acids is 1. The monoisotopic (exact) mass is 264 g/mol. The van der Waals surface area contributed by atoms with E-state index in [1.807, 2.05) is 0 Å². The van der Waals surface area contributed by atoms with Gasteiger partial charge in [-0.1, -0.05) is 0 Å². The molecule has 1 unspecified atom stereocenters. The van der Waals surface area contributed by atoms with E-state index in [1.165, 1.54) is 11.8 Å². The van der Waals surface area contributed by atoms with E-state index in [4.69, 9.17) is 15.6 Å². The van der Waals surface area contributed by atoms with Crippen molar-refractivity contribution in [1.29, 1.82) is 0 Å². The summed E-state index contributed by atoms with van der Waals surface area (Å²) in [6.45, 7) is 5.78. The highest BCUT2D eigenvalue weighted by Gasteiger charge is 2.15. The number of ether oxygens (including phenoxy) is 1. The minimum atomic E-state index is -1.02. The topological polar surface area (TPSA) is 102 Å².